The predicted octanol–water partition coefficient (Wildman–Crippen LogP) is 3.81. The molecule has 19 heavy (non-hydrogen) atoms. The Hall–Kier alpha value is -1.02. The standard InChI is InChI=1S/C17H28N2/c1-14(2)12-18-13-15-8-4-7-11-17(15)19(3)16-9-5-6-10-16/h4,7-8,11,14,16,18H,5-6,9-10,12-13H2,1-3H3. The maximum absolute atomic E-state index is 3.56. The van der Waals surface area contributed by atoms with E-state index in [1.165, 1.54) is 36.9 Å². The number of para-hydroxylation sites is 1. The van der Waals surface area contributed by atoms with Crippen molar-refractivity contribution < 1.29 is 0 Å². The molecule has 0 saturated heterocycles. The second kappa shape index (κ2) is 6.95. The van der Waals surface area contributed by atoms with Crippen LogP contribution in [0.25, 0.3) is 0 Å². The lowest BCUT2D eigenvalue weighted by Crippen LogP contribution is -2.30. The van der Waals surface area contributed by atoms with E-state index in [9.17, 15) is 0 Å². The molecule has 0 amide bonds. The van der Waals surface area contributed by atoms with Gasteiger partial charge in [-0.15, -0.1) is 0 Å². The molecule has 2 nitrogen and oxygen atoms in total. The summed E-state index contributed by atoms with van der Waals surface area (Å²) in [5.74, 6) is 0.708. The van der Waals surface area contributed by atoms with Crippen LogP contribution in [0.5, 0.6) is 0 Å². The first-order chi connectivity index (χ1) is 9.18. The number of hydrogen-bond donors (Lipinski definition) is 1. The largest absolute Gasteiger partial charge is 0.371 e. The maximum atomic E-state index is 3.56. The second-order valence-corrected chi connectivity index (χ2v) is 6.20. The van der Waals surface area contributed by atoms with Gasteiger partial charge in [-0.05, 0) is 36.9 Å². The van der Waals surface area contributed by atoms with E-state index in [1.54, 1.807) is 0 Å². The van der Waals surface area contributed by atoms with Crippen LogP contribution in [0.3, 0.4) is 0 Å². The fourth-order valence-corrected chi connectivity index (χ4v) is 2.99. The summed E-state index contributed by atoms with van der Waals surface area (Å²) in [4.78, 5) is 2.50. The number of nitrogens with one attached hydrogen (secondary N) is 1. The van der Waals surface area contributed by atoms with Crippen LogP contribution in [0.15, 0.2) is 24.3 Å². The Morgan fingerprint density at radius 2 is 1.89 bits per heavy atom. The molecular formula is C17H28N2. The first-order valence-electron chi connectivity index (χ1n) is 7.70. The third kappa shape index (κ3) is 3.97. The van der Waals surface area contributed by atoms with Crippen LogP contribution in [0.4, 0.5) is 5.69 Å². The zero-order chi connectivity index (χ0) is 13.7. The van der Waals surface area contributed by atoms with Crippen molar-refractivity contribution in [2.24, 2.45) is 5.92 Å². The molecule has 2 heteroatoms. The summed E-state index contributed by atoms with van der Waals surface area (Å²) < 4.78 is 0. The zero-order valence-corrected chi connectivity index (χ0v) is 12.7. The molecule has 0 heterocycles. The zero-order valence-electron chi connectivity index (χ0n) is 12.7. The molecule has 0 aliphatic heterocycles. The highest BCUT2D eigenvalue weighted by molar-refractivity contribution is 5.54. The molecule has 1 aromatic carbocycles. The van der Waals surface area contributed by atoms with E-state index in [2.05, 4.69) is 55.4 Å². The van der Waals surface area contributed by atoms with E-state index >= 15 is 0 Å². The number of rotatable bonds is 6. The monoisotopic (exact) mass is 260 g/mol. The van der Waals surface area contributed by atoms with Crippen LogP contribution >= 0.6 is 0 Å². The molecule has 1 aliphatic carbocycles. The van der Waals surface area contributed by atoms with Gasteiger partial charge in [-0.1, -0.05) is 44.9 Å². The summed E-state index contributed by atoms with van der Waals surface area (Å²) in [6.45, 7) is 6.57. The molecule has 0 atom stereocenters. The molecule has 0 radical (unpaired) electrons. The summed E-state index contributed by atoms with van der Waals surface area (Å²) >= 11 is 0. The van der Waals surface area contributed by atoms with Gasteiger partial charge in [0, 0.05) is 25.3 Å². The molecule has 0 unspecified atom stereocenters. The van der Waals surface area contributed by atoms with Crippen molar-refractivity contribution in [3.63, 3.8) is 0 Å². The fourth-order valence-electron chi connectivity index (χ4n) is 2.99. The molecule has 0 aromatic heterocycles. The number of hydrogen-bond acceptors (Lipinski definition) is 2. The Kier molecular flexibility index (Phi) is 5.26. The van der Waals surface area contributed by atoms with Crippen molar-refractivity contribution >= 4 is 5.69 Å². The maximum Gasteiger partial charge on any atom is 0.0411 e. The number of benzene rings is 1. The lowest BCUT2D eigenvalue weighted by atomic mass is 10.1. The van der Waals surface area contributed by atoms with Crippen molar-refractivity contribution in [2.75, 3.05) is 18.5 Å². The Morgan fingerprint density at radius 3 is 2.58 bits per heavy atom. The van der Waals surface area contributed by atoms with Gasteiger partial charge in [0.2, 0.25) is 0 Å². The molecule has 0 bridgehead atoms. The summed E-state index contributed by atoms with van der Waals surface area (Å²) in [7, 11) is 2.26. The molecule has 1 saturated carbocycles. The lowest BCUT2D eigenvalue weighted by Gasteiger charge is -2.29. The molecule has 1 N–H and O–H groups in total. The van der Waals surface area contributed by atoms with E-state index in [0.29, 0.717) is 5.92 Å². The highest BCUT2D eigenvalue weighted by Crippen LogP contribution is 2.29. The van der Waals surface area contributed by atoms with Crippen LogP contribution in [0, 0.1) is 5.92 Å². The smallest absolute Gasteiger partial charge is 0.0411 e. The summed E-state index contributed by atoms with van der Waals surface area (Å²) in [6, 6.07) is 9.58. The van der Waals surface area contributed by atoms with E-state index in [-0.39, 0.29) is 0 Å². The van der Waals surface area contributed by atoms with Gasteiger partial charge in [0.25, 0.3) is 0 Å². The van der Waals surface area contributed by atoms with E-state index in [4.69, 9.17) is 0 Å². The summed E-state index contributed by atoms with van der Waals surface area (Å²) in [5.41, 5.74) is 2.84. The predicted molar refractivity (Wildman–Crippen MR) is 83.6 cm³/mol. The first kappa shape index (κ1) is 14.4. The summed E-state index contributed by atoms with van der Waals surface area (Å²) in [5, 5.41) is 3.56. The van der Waals surface area contributed by atoms with E-state index < -0.39 is 0 Å². The quantitative estimate of drug-likeness (QED) is 0.836. The van der Waals surface area contributed by atoms with Gasteiger partial charge in [0.1, 0.15) is 0 Å². The molecule has 1 fully saturated rings. The van der Waals surface area contributed by atoms with Gasteiger partial charge in [0.15, 0.2) is 0 Å². The van der Waals surface area contributed by atoms with Gasteiger partial charge in [-0.25, -0.2) is 0 Å². The third-order valence-corrected chi connectivity index (χ3v) is 4.11. The van der Waals surface area contributed by atoms with Crippen molar-refractivity contribution in [1.82, 2.24) is 5.32 Å². The normalized spacial score (nSPS) is 16.2. The minimum absolute atomic E-state index is 0.708. The first-order valence-corrected chi connectivity index (χ1v) is 7.70. The Morgan fingerprint density at radius 1 is 1.21 bits per heavy atom. The van der Waals surface area contributed by atoms with Gasteiger partial charge in [-0.3, -0.25) is 0 Å². The van der Waals surface area contributed by atoms with Gasteiger partial charge in [-0.2, -0.15) is 0 Å². The topological polar surface area (TPSA) is 15.3 Å². The average molecular weight is 260 g/mol. The number of nitrogens with zero attached hydrogens (tertiary/aromatic N) is 1. The Bertz CT molecular complexity index is 381. The third-order valence-electron chi connectivity index (χ3n) is 4.11. The summed E-state index contributed by atoms with van der Waals surface area (Å²) in [6.07, 6.45) is 5.49. The molecule has 2 rings (SSSR count). The van der Waals surface area contributed by atoms with Crippen molar-refractivity contribution in [2.45, 2.75) is 52.1 Å². The van der Waals surface area contributed by atoms with Crippen LogP contribution < -0.4 is 10.2 Å². The SMILES string of the molecule is CC(C)CNCc1ccccc1N(C)C1CCCC1. The van der Waals surface area contributed by atoms with Gasteiger partial charge >= 0.3 is 0 Å². The highest BCUT2D eigenvalue weighted by atomic mass is 15.1. The van der Waals surface area contributed by atoms with Crippen LogP contribution in [-0.2, 0) is 6.54 Å². The molecule has 106 valence electrons. The Labute approximate surface area is 118 Å². The molecule has 1 aromatic rings. The fraction of sp³-hybridized carbons (Fsp3) is 0.647. The molecule has 1 aliphatic rings. The average Bonchev–Trinajstić information content (AvgIpc) is 2.92. The Balaban J connectivity index is 2.02. The van der Waals surface area contributed by atoms with Crippen molar-refractivity contribution in [3.8, 4) is 0 Å². The van der Waals surface area contributed by atoms with Crippen LogP contribution in [0.1, 0.15) is 45.1 Å². The van der Waals surface area contributed by atoms with Crippen molar-refractivity contribution in [1.29, 1.82) is 0 Å². The van der Waals surface area contributed by atoms with E-state index in [1.807, 2.05) is 0 Å². The van der Waals surface area contributed by atoms with Gasteiger partial charge in [0.05, 0.1) is 0 Å². The van der Waals surface area contributed by atoms with Gasteiger partial charge < -0.3 is 10.2 Å². The van der Waals surface area contributed by atoms with Crippen LogP contribution in [0.2, 0.25) is 0 Å². The minimum Gasteiger partial charge on any atom is -0.371 e. The van der Waals surface area contributed by atoms with Crippen molar-refractivity contribution in [3.05, 3.63) is 29.8 Å². The minimum atomic E-state index is 0.708. The molecular weight excluding hydrogens is 232 g/mol. The van der Waals surface area contributed by atoms with Crippen LogP contribution in [-0.4, -0.2) is 19.6 Å². The molecule has 0 spiro atoms. The number of anilines is 1. The lowest BCUT2D eigenvalue weighted by molar-refractivity contribution is 0.551. The highest BCUT2D eigenvalue weighted by Gasteiger charge is 2.21. The second-order valence-electron chi connectivity index (χ2n) is 6.20. The van der Waals surface area contributed by atoms with E-state index in [0.717, 1.165) is 19.1 Å².